The maximum absolute atomic E-state index is 12.9. The van der Waals surface area contributed by atoms with Gasteiger partial charge in [-0.3, -0.25) is 4.79 Å². The van der Waals surface area contributed by atoms with Crippen molar-refractivity contribution in [3.63, 3.8) is 0 Å². The highest BCUT2D eigenvalue weighted by molar-refractivity contribution is 6.07. The van der Waals surface area contributed by atoms with Gasteiger partial charge in [0.05, 0.1) is 13.2 Å². The molecule has 0 aliphatic carbocycles. The Kier molecular flexibility index (Phi) is 3.32. The minimum absolute atomic E-state index is 0.0168. The Labute approximate surface area is 146 Å². The fraction of sp³-hybridized carbons (Fsp3) is 0.235. The van der Waals surface area contributed by atoms with E-state index in [1.54, 1.807) is 0 Å². The first kappa shape index (κ1) is 16.5. The summed E-state index contributed by atoms with van der Waals surface area (Å²) < 4.78 is 16.6. The summed E-state index contributed by atoms with van der Waals surface area (Å²) in [7, 11) is 0. The number of hydrogen-bond donors (Lipinski definition) is 5. The number of hydrogen-bond acceptors (Lipinski definition) is 9. The molecular weight excluding hydrogens is 348 g/mol. The number of ketones is 1. The fourth-order valence-electron chi connectivity index (χ4n) is 3.17. The first-order valence-corrected chi connectivity index (χ1v) is 7.61. The van der Waals surface area contributed by atoms with Gasteiger partial charge < -0.3 is 39.7 Å². The molecular formula is C17H14O9. The van der Waals surface area contributed by atoms with Crippen LogP contribution in [0.15, 0.2) is 30.3 Å². The van der Waals surface area contributed by atoms with Crippen molar-refractivity contribution in [2.24, 2.45) is 0 Å². The van der Waals surface area contributed by atoms with Gasteiger partial charge in [-0.15, -0.1) is 0 Å². The van der Waals surface area contributed by atoms with Crippen molar-refractivity contribution in [1.29, 1.82) is 0 Å². The van der Waals surface area contributed by atoms with Crippen molar-refractivity contribution >= 4 is 5.78 Å². The van der Waals surface area contributed by atoms with Crippen molar-refractivity contribution in [3.8, 4) is 28.7 Å². The van der Waals surface area contributed by atoms with Crippen LogP contribution in [0.4, 0.5) is 0 Å². The topological polar surface area (TPSA) is 146 Å². The van der Waals surface area contributed by atoms with Gasteiger partial charge in [-0.05, 0) is 18.2 Å². The lowest BCUT2D eigenvalue weighted by atomic mass is 9.85. The number of ether oxygens (including phenoxy) is 3. The number of aromatic hydroxyl groups is 4. The average Bonchev–Trinajstić information content (AvgIpc) is 2.58. The Morgan fingerprint density at radius 2 is 1.62 bits per heavy atom. The minimum Gasteiger partial charge on any atom is -0.508 e. The molecule has 2 atom stereocenters. The first-order chi connectivity index (χ1) is 12.3. The average molecular weight is 362 g/mol. The summed E-state index contributed by atoms with van der Waals surface area (Å²) in [5.41, 5.74) is -0.397. The van der Waals surface area contributed by atoms with Gasteiger partial charge >= 0.3 is 11.6 Å². The van der Waals surface area contributed by atoms with Crippen LogP contribution in [0.1, 0.15) is 15.9 Å². The molecule has 2 aromatic rings. The SMILES string of the molecule is O=C1c2c(O)cc(O)cc2OC2(c3ccc(O)c(O)c3)OCCOC12O. The number of rotatable bonds is 1. The highest BCUT2D eigenvalue weighted by atomic mass is 16.8. The molecule has 0 spiro atoms. The van der Waals surface area contributed by atoms with Crippen molar-refractivity contribution in [1.82, 2.24) is 0 Å². The zero-order chi connectivity index (χ0) is 18.7. The second-order valence-electron chi connectivity index (χ2n) is 5.93. The summed E-state index contributed by atoms with van der Waals surface area (Å²) in [6, 6.07) is 5.45. The number of carbonyl (C=O) groups is 1. The van der Waals surface area contributed by atoms with Crippen molar-refractivity contribution < 1.29 is 44.5 Å². The van der Waals surface area contributed by atoms with E-state index < -0.39 is 34.6 Å². The molecule has 2 aliphatic rings. The smallest absolute Gasteiger partial charge is 0.304 e. The van der Waals surface area contributed by atoms with Gasteiger partial charge in [-0.1, -0.05) is 0 Å². The summed E-state index contributed by atoms with van der Waals surface area (Å²) in [6.07, 6.45) is 0. The Bertz CT molecular complexity index is 925. The van der Waals surface area contributed by atoms with Crippen molar-refractivity contribution in [2.45, 2.75) is 11.6 Å². The van der Waals surface area contributed by atoms with Gasteiger partial charge in [0.1, 0.15) is 22.8 Å². The molecule has 0 amide bonds. The molecule has 136 valence electrons. The number of benzene rings is 2. The number of phenols is 4. The molecule has 2 aromatic carbocycles. The summed E-state index contributed by atoms with van der Waals surface area (Å²) in [5, 5.41) is 50.0. The van der Waals surface area contributed by atoms with Crippen LogP contribution < -0.4 is 4.74 Å². The molecule has 5 N–H and O–H groups in total. The normalized spacial score (nSPS) is 27.3. The third-order valence-electron chi connectivity index (χ3n) is 4.36. The van der Waals surface area contributed by atoms with Gasteiger partial charge in [-0.2, -0.15) is 0 Å². The molecule has 1 saturated heterocycles. The standard InChI is InChI=1S/C17H14O9/c18-9-6-12(21)14-13(7-9)26-17(8-1-2-10(19)11(20)5-8)16(23,15(14)22)24-3-4-25-17/h1-2,5-7,18-21,23H,3-4H2. The molecule has 9 heteroatoms. The molecule has 0 radical (unpaired) electrons. The van der Waals surface area contributed by atoms with Crippen LogP contribution in [-0.4, -0.2) is 50.3 Å². The molecule has 2 heterocycles. The summed E-state index contributed by atoms with van der Waals surface area (Å²) >= 11 is 0. The number of fused-ring (bicyclic) bond motifs is 2. The summed E-state index contributed by atoms with van der Waals surface area (Å²) in [4.78, 5) is 12.9. The maximum Gasteiger partial charge on any atom is 0.304 e. The zero-order valence-corrected chi connectivity index (χ0v) is 13.2. The van der Waals surface area contributed by atoms with E-state index in [4.69, 9.17) is 14.2 Å². The third-order valence-corrected chi connectivity index (χ3v) is 4.36. The van der Waals surface area contributed by atoms with Gasteiger partial charge in [0.25, 0.3) is 0 Å². The zero-order valence-electron chi connectivity index (χ0n) is 13.2. The number of carbonyl (C=O) groups excluding carboxylic acids is 1. The Morgan fingerprint density at radius 3 is 2.35 bits per heavy atom. The predicted molar refractivity (Wildman–Crippen MR) is 83.0 cm³/mol. The summed E-state index contributed by atoms with van der Waals surface area (Å²) in [6.45, 7) is -0.192. The molecule has 1 fully saturated rings. The molecule has 2 unspecified atom stereocenters. The number of Topliss-reactive ketones (excluding diaryl/α,β-unsaturated/α-hetero) is 1. The molecule has 9 nitrogen and oxygen atoms in total. The van der Waals surface area contributed by atoms with Gasteiger partial charge in [0.15, 0.2) is 11.5 Å². The quantitative estimate of drug-likeness (QED) is 0.462. The Balaban J connectivity index is 1.99. The lowest BCUT2D eigenvalue weighted by Crippen LogP contribution is -2.68. The van der Waals surface area contributed by atoms with E-state index in [9.17, 15) is 30.3 Å². The lowest BCUT2D eigenvalue weighted by Gasteiger charge is -2.50. The number of phenolic OH excluding ortho intramolecular Hbond substituents is 4. The molecule has 0 saturated carbocycles. The molecule has 2 aliphatic heterocycles. The van der Waals surface area contributed by atoms with Crippen LogP contribution in [0.5, 0.6) is 28.7 Å². The van der Waals surface area contributed by atoms with Crippen LogP contribution in [0.3, 0.4) is 0 Å². The Hall–Kier alpha value is -3.01. The second-order valence-corrected chi connectivity index (χ2v) is 5.93. The van der Waals surface area contributed by atoms with E-state index in [0.717, 1.165) is 24.3 Å². The first-order valence-electron chi connectivity index (χ1n) is 7.61. The monoisotopic (exact) mass is 362 g/mol. The van der Waals surface area contributed by atoms with Gasteiger partial charge in [0, 0.05) is 17.7 Å². The minimum atomic E-state index is -2.67. The van der Waals surface area contributed by atoms with E-state index in [1.807, 2.05) is 0 Å². The largest absolute Gasteiger partial charge is 0.508 e. The van der Waals surface area contributed by atoms with Crippen molar-refractivity contribution in [2.75, 3.05) is 13.2 Å². The van der Waals surface area contributed by atoms with E-state index in [0.29, 0.717) is 0 Å². The highest BCUT2D eigenvalue weighted by Crippen LogP contribution is 2.52. The van der Waals surface area contributed by atoms with Crippen LogP contribution in [0.25, 0.3) is 0 Å². The molecule has 0 bridgehead atoms. The van der Waals surface area contributed by atoms with Crippen LogP contribution in [-0.2, 0) is 15.3 Å². The lowest BCUT2D eigenvalue weighted by molar-refractivity contribution is -0.393. The van der Waals surface area contributed by atoms with E-state index in [-0.39, 0.29) is 35.8 Å². The van der Waals surface area contributed by atoms with E-state index in [1.165, 1.54) is 6.07 Å². The van der Waals surface area contributed by atoms with E-state index >= 15 is 0 Å². The molecule has 0 aromatic heterocycles. The van der Waals surface area contributed by atoms with Gasteiger partial charge in [0.2, 0.25) is 5.78 Å². The molecule has 4 rings (SSSR count). The third kappa shape index (κ3) is 1.99. The molecule has 26 heavy (non-hydrogen) atoms. The Morgan fingerprint density at radius 1 is 0.885 bits per heavy atom. The van der Waals surface area contributed by atoms with Crippen LogP contribution >= 0.6 is 0 Å². The van der Waals surface area contributed by atoms with Gasteiger partial charge in [-0.25, -0.2) is 0 Å². The fourth-order valence-corrected chi connectivity index (χ4v) is 3.17. The predicted octanol–water partition coefficient (Wildman–Crippen LogP) is 0.672. The highest BCUT2D eigenvalue weighted by Gasteiger charge is 2.67. The van der Waals surface area contributed by atoms with Crippen LogP contribution in [0, 0.1) is 0 Å². The second kappa shape index (κ2) is 5.24. The number of aliphatic hydroxyl groups is 1. The van der Waals surface area contributed by atoms with E-state index in [2.05, 4.69) is 0 Å². The summed E-state index contributed by atoms with van der Waals surface area (Å²) in [5.74, 6) is -8.11. The van der Waals surface area contributed by atoms with Crippen molar-refractivity contribution in [3.05, 3.63) is 41.5 Å². The maximum atomic E-state index is 12.9. The van der Waals surface area contributed by atoms with Crippen LogP contribution in [0.2, 0.25) is 0 Å².